The summed E-state index contributed by atoms with van der Waals surface area (Å²) in [5.41, 5.74) is 0. The highest BCUT2D eigenvalue weighted by Crippen LogP contribution is 2.14. The molecule has 0 amide bonds. The fraction of sp³-hybridized carbons (Fsp3) is 0.603. The average molecular weight is 1090 g/mol. The third-order valence-corrected chi connectivity index (χ3v) is 13.0. The van der Waals surface area contributed by atoms with Gasteiger partial charge in [-0.1, -0.05) is 262 Å². The predicted molar refractivity (Wildman–Crippen MR) is 343 cm³/mol. The van der Waals surface area contributed by atoms with Crippen LogP contribution in [0.4, 0.5) is 0 Å². The molecule has 1 unspecified atom stereocenters. The Kier molecular flexibility index (Phi) is 61.4. The molecule has 444 valence electrons. The van der Waals surface area contributed by atoms with Crippen LogP contribution < -0.4 is 0 Å². The molecule has 0 aromatic heterocycles. The zero-order chi connectivity index (χ0) is 57.1. The monoisotopic (exact) mass is 1090 g/mol. The zero-order valence-corrected chi connectivity index (χ0v) is 50.8. The van der Waals surface area contributed by atoms with Crippen molar-refractivity contribution in [3.05, 3.63) is 158 Å². The van der Waals surface area contributed by atoms with Crippen LogP contribution in [0.15, 0.2) is 158 Å². The third-order valence-electron chi connectivity index (χ3n) is 13.0. The average Bonchev–Trinajstić information content (AvgIpc) is 3.45. The summed E-state index contributed by atoms with van der Waals surface area (Å²) in [4.78, 5) is 38.2. The van der Waals surface area contributed by atoms with Crippen LogP contribution in [0, 0.1) is 0 Å². The fourth-order valence-corrected chi connectivity index (χ4v) is 8.28. The molecule has 0 aliphatic rings. The summed E-state index contributed by atoms with van der Waals surface area (Å²) in [5.74, 6) is -0.989. The van der Waals surface area contributed by atoms with Crippen LogP contribution in [-0.4, -0.2) is 37.2 Å². The molecular formula is C73H116O6. The Morgan fingerprint density at radius 3 is 0.823 bits per heavy atom. The molecule has 0 rings (SSSR count). The number of allylic oxidation sites excluding steroid dienone is 26. The van der Waals surface area contributed by atoms with Gasteiger partial charge in [-0.05, 0) is 141 Å². The first-order valence-electron chi connectivity index (χ1n) is 32.0. The standard InChI is InChI=1S/C73H116O6/c1-4-7-10-13-16-19-22-25-27-29-30-31-32-33-34-35-36-37-38-39-40-41-42-44-45-48-51-54-57-60-63-66-72(75)78-69-70(68-77-71(74)65-62-59-56-53-50-47-24-21-18-15-12-9-6-3)79-73(76)67-64-61-58-55-52-49-46-43-28-26-23-20-17-14-11-8-5-2/h7-8,10-11,16-17,19-21,24-28,30-31,33-34,36-37,39-40,46,49,55,58,70H,4-6,9,12-15,18,22-23,29,32,35,38,41-45,47-48,50-54,56-57,59-69H2,1-3H3/b10-7-,11-8-,19-16-,20-17-,24-21-,27-25-,28-26-,31-30-,34-33-,37-36-,40-39-,49-46-,58-55-. The first-order valence-corrected chi connectivity index (χ1v) is 32.0. The number of carbonyl (C=O) groups is 3. The molecule has 0 aliphatic carbocycles. The molecule has 0 spiro atoms. The maximum Gasteiger partial charge on any atom is 0.306 e. The Morgan fingerprint density at radius 2 is 0.506 bits per heavy atom. The van der Waals surface area contributed by atoms with Gasteiger partial charge in [0.25, 0.3) is 0 Å². The lowest BCUT2D eigenvalue weighted by Gasteiger charge is -2.18. The smallest absolute Gasteiger partial charge is 0.306 e. The Bertz CT molecular complexity index is 1780. The van der Waals surface area contributed by atoms with Crippen molar-refractivity contribution in [1.82, 2.24) is 0 Å². The Balaban J connectivity index is 4.37. The van der Waals surface area contributed by atoms with Crippen molar-refractivity contribution in [3.8, 4) is 0 Å². The van der Waals surface area contributed by atoms with Gasteiger partial charge in [0.05, 0.1) is 0 Å². The lowest BCUT2D eigenvalue weighted by Crippen LogP contribution is -2.30. The van der Waals surface area contributed by atoms with Crippen molar-refractivity contribution in [1.29, 1.82) is 0 Å². The van der Waals surface area contributed by atoms with Gasteiger partial charge in [-0.25, -0.2) is 0 Å². The second-order valence-corrected chi connectivity index (χ2v) is 20.5. The molecule has 0 N–H and O–H groups in total. The van der Waals surface area contributed by atoms with E-state index in [0.717, 1.165) is 141 Å². The van der Waals surface area contributed by atoms with E-state index in [9.17, 15) is 14.4 Å². The van der Waals surface area contributed by atoms with Gasteiger partial charge in [-0.15, -0.1) is 0 Å². The molecule has 0 radical (unpaired) electrons. The number of hydrogen-bond acceptors (Lipinski definition) is 6. The third kappa shape index (κ3) is 63.7. The van der Waals surface area contributed by atoms with Crippen LogP contribution in [0.3, 0.4) is 0 Å². The predicted octanol–water partition coefficient (Wildman–Crippen LogP) is 22.1. The topological polar surface area (TPSA) is 78.9 Å². The number of rotatable bonds is 56. The molecule has 0 bridgehead atoms. The minimum Gasteiger partial charge on any atom is -0.462 e. The van der Waals surface area contributed by atoms with Crippen molar-refractivity contribution in [2.24, 2.45) is 0 Å². The van der Waals surface area contributed by atoms with Gasteiger partial charge in [-0.2, -0.15) is 0 Å². The van der Waals surface area contributed by atoms with E-state index in [1.807, 2.05) is 0 Å². The molecule has 6 heteroatoms. The van der Waals surface area contributed by atoms with Crippen LogP contribution in [0.5, 0.6) is 0 Å². The van der Waals surface area contributed by atoms with E-state index in [1.165, 1.54) is 77.0 Å². The summed E-state index contributed by atoms with van der Waals surface area (Å²) >= 11 is 0. The van der Waals surface area contributed by atoms with Gasteiger partial charge in [0.1, 0.15) is 13.2 Å². The van der Waals surface area contributed by atoms with Gasteiger partial charge < -0.3 is 14.2 Å². The normalized spacial score (nSPS) is 13.2. The van der Waals surface area contributed by atoms with E-state index in [1.54, 1.807) is 0 Å². The fourth-order valence-electron chi connectivity index (χ4n) is 8.28. The maximum atomic E-state index is 12.9. The Morgan fingerprint density at radius 1 is 0.266 bits per heavy atom. The highest BCUT2D eigenvalue weighted by molar-refractivity contribution is 5.71. The highest BCUT2D eigenvalue weighted by Gasteiger charge is 2.19. The molecule has 0 aromatic rings. The van der Waals surface area contributed by atoms with Crippen molar-refractivity contribution < 1.29 is 28.6 Å². The molecule has 0 saturated heterocycles. The molecule has 0 saturated carbocycles. The molecule has 0 aliphatic heterocycles. The molecular weight excluding hydrogens is 973 g/mol. The van der Waals surface area contributed by atoms with E-state index in [2.05, 4.69) is 179 Å². The summed E-state index contributed by atoms with van der Waals surface area (Å²) in [7, 11) is 0. The zero-order valence-electron chi connectivity index (χ0n) is 50.8. The molecule has 6 nitrogen and oxygen atoms in total. The summed E-state index contributed by atoms with van der Waals surface area (Å²) in [6.07, 6.45) is 95.4. The first-order chi connectivity index (χ1) is 39.0. The van der Waals surface area contributed by atoms with E-state index in [4.69, 9.17) is 14.2 Å². The van der Waals surface area contributed by atoms with Crippen molar-refractivity contribution in [2.75, 3.05) is 13.2 Å². The van der Waals surface area contributed by atoms with E-state index >= 15 is 0 Å². The van der Waals surface area contributed by atoms with Crippen LogP contribution in [0.25, 0.3) is 0 Å². The molecule has 1 atom stereocenters. The molecule has 0 aromatic carbocycles. The van der Waals surface area contributed by atoms with Gasteiger partial charge in [-0.3, -0.25) is 14.4 Å². The minimum absolute atomic E-state index is 0.112. The lowest BCUT2D eigenvalue weighted by molar-refractivity contribution is -0.167. The summed E-state index contributed by atoms with van der Waals surface area (Å²) in [5, 5.41) is 0. The van der Waals surface area contributed by atoms with Gasteiger partial charge in [0.15, 0.2) is 6.10 Å². The first kappa shape index (κ1) is 74.0. The summed E-state index contributed by atoms with van der Waals surface area (Å²) in [6, 6.07) is 0. The second kappa shape index (κ2) is 65.5. The summed E-state index contributed by atoms with van der Waals surface area (Å²) < 4.78 is 16.8. The number of ether oxygens (including phenoxy) is 3. The number of esters is 3. The van der Waals surface area contributed by atoms with Gasteiger partial charge in [0, 0.05) is 19.3 Å². The van der Waals surface area contributed by atoms with Crippen LogP contribution in [0.1, 0.15) is 265 Å². The largest absolute Gasteiger partial charge is 0.462 e. The number of hydrogen-bond donors (Lipinski definition) is 0. The van der Waals surface area contributed by atoms with Crippen LogP contribution in [0.2, 0.25) is 0 Å². The summed E-state index contributed by atoms with van der Waals surface area (Å²) in [6.45, 7) is 6.33. The SMILES string of the molecule is CC/C=C\C/C=C\C/C=C\C/C=C\C/C=C\C/C=C\C/C=C\CCCCCCCCCCCC(=O)OCC(COC(=O)CCCCCCC/C=C\CCCCCC)OC(=O)CCC/C=C\C/C=C\C/C=C\C/C=C\C/C=C\CC. The molecule has 0 fully saturated rings. The lowest BCUT2D eigenvalue weighted by atomic mass is 10.1. The quantitative estimate of drug-likeness (QED) is 0.0261. The number of unbranched alkanes of at least 4 members (excludes halogenated alkanes) is 19. The van der Waals surface area contributed by atoms with Crippen molar-refractivity contribution in [3.63, 3.8) is 0 Å². The Labute approximate surface area is 486 Å². The van der Waals surface area contributed by atoms with E-state index in [-0.39, 0.29) is 37.5 Å². The molecule has 79 heavy (non-hydrogen) atoms. The highest BCUT2D eigenvalue weighted by atomic mass is 16.6. The van der Waals surface area contributed by atoms with E-state index < -0.39 is 6.10 Å². The minimum atomic E-state index is -0.821. The van der Waals surface area contributed by atoms with Crippen molar-refractivity contribution in [2.45, 2.75) is 271 Å². The second-order valence-electron chi connectivity index (χ2n) is 20.5. The van der Waals surface area contributed by atoms with Crippen LogP contribution in [-0.2, 0) is 28.6 Å². The molecule has 0 heterocycles. The van der Waals surface area contributed by atoms with Gasteiger partial charge in [0.2, 0.25) is 0 Å². The number of carbonyl (C=O) groups excluding carboxylic acids is 3. The van der Waals surface area contributed by atoms with Crippen molar-refractivity contribution >= 4 is 17.9 Å². The van der Waals surface area contributed by atoms with Crippen LogP contribution >= 0.6 is 0 Å². The van der Waals surface area contributed by atoms with E-state index in [0.29, 0.717) is 19.3 Å². The Hall–Kier alpha value is -4.97. The maximum absolute atomic E-state index is 12.9. The van der Waals surface area contributed by atoms with Gasteiger partial charge >= 0.3 is 17.9 Å².